The molecule has 3 aliphatic carbocycles. The summed E-state index contributed by atoms with van der Waals surface area (Å²) in [5.74, 6) is -12.5. The highest BCUT2D eigenvalue weighted by atomic mass is 19.2. The Morgan fingerprint density at radius 2 is 0.789 bits per heavy atom. The first kappa shape index (κ1) is 59.7. The van der Waals surface area contributed by atoms with E-state index in [4.69, 9.17) is 9.47 Å². The molecule has 15 rings (SSSR count). The third kappa shape index (κ3) is 9.87. The Labute approximate surface area is 543 Å². The van der Waals surface area contributed by atoms with E-state index in [9.17, 15) is 0 Å². The van der Waals surface area contributed by atoms with Crippen LogP contribution in [0.4, 0.5) is 52.2 Å². The molecule has 3 nitrogen and oxygen atoms in total. The smallest absolute Gasteiger partial charge is 0.197 e. The molecule has 11 heteroatoms. The zero-order valence-electron chi connectivity index (χ0n) is 50.6. The van der Waals surface area contributed by atoms with Crippen LogP contribution in [-0.4, -0.2) is 0 Å². The molecule has 0 heterocycles. The maximum atomic E-state index is 17.5. The van der Waals surface area contributed by atoms with Crippen molar-refractivity contribution in [3.63, 3.8) is 0 Å². The van der Waals surface area contributed by atoms with Crippen molar-refractivity contribution in [2.24, 2.45) is 0 Å². The van der Waals surface area contributed by atoms with Crippen LogP contribution in [0.5, 0.6) is 23.0 Å². The van der Waals surface area contributed by atoms with Crippen LogP contribution in [0.2, 0.25) is 0 Å². The van der Waals surface area contributed by atoms with E-state index in [1.54, 1.807) is 103 Å². The Hall–Kier alpha value is -11.6. The molecule has 0 N–H and O–H groups in total. The van der Waals surface area contributed by atoms with Gasteiger partial charge in [0.25, 0.3) is 0 Å². The van der Waals surface area contributed by atoms with Gasteiger partial charge in [-0.25, -0.2) is 35.1 Å². The van der Waals surface area contributed by atoms with Gasteiger partial charge < -0.3 is 14.4 Å². The number of fused-ring (bicyclic) bond motifs is 5. The summed E-state index contributed by atoms with van der Waals surface area (Å²) < 4.78 is 144. The molecule has 12 aromatic carbocycles. The van der Waals surface area contributed by atoms with Gasteiger partial charge in [-0.1, -0.05) is 183 Å². The van der Waals surface area contributed by atoms with Gasteiger partial charge in [0.2, 0.25) is 0 Å². The van der Waals surface area contributed by atoms with Crippen LogP contribution in [0.3, 0.4) is 0 Å². The van der Waals surface area contributed by atoms with Crippen LogP contribution in [0.25, 0.3) is 51.1 Å². The minimum absolute atomic E-state index is 0.308. The lowest BCUT2D eigenvalue weighted by molar-refractivity contribution is 0.398. The average molecular weight is 1260 g/mol. The first-order chi connectivity index (χ1) is 46.3. The van der Waals surface area contributed by atoms with E-state index >= 15 is 35.1 Å². The highest BCUT2D eigenvalue weighted by Crippen LogP contribution is 2.61. The molecular formula is C84H53F8NO2. The lowest BCUT2D eigenvalue weighted by Gasteiger charge is -2.37. The number of anilines is 3. The van der Waals surface area contributed by atoms with Crippen LogP contribution < -0.4 is 14.4 Å². The van der Waals surface area contributed by atoms with Crippen molar-refractivity contribution >= 4 is 34.8 Å². The van der Waals surface area contributed by atoms with Crippen LogP contribution >= 0.6 is 0 Å². The Kier molecular flexibility index (Phi) is 15.0. The largest absolute Gasteiger partial charge is 0.457 e. The number of hydrogen-bond acceptors (Lipinski definition) is 3. The third-order valence-corrected chi connectivity index (χ3v) is 18.6. The molecule has 462 valence electrons. The highest BCUT2D eigenvalue weighted by Gasteiger charge is 2.52. The zero-order chi connectivity index (χ0) is 65.3. The number of rotatable bonds is 15. The molecule has 0 aromatic heterocycles. The molecule has 0 radical (unpaired) electrons. The standard InChI is InChI=1S/C84H53F8NO2/c1-3-50-24-34-61(35-25-50)94-63-38-28-56(29-39-63)83(73-48-75(85)79(89)81(91)77(73)87)69-22-10-8-20-65(69)67-42-32-59(46-71(67)83)93(58-19-13-18-55(45-58)54-17-12-16-53(44-54)52-14-6-5-7-15-52)60-33-43-68-66-21-9-11-23-70(66)84(72(68)47-60,74-49-76(86)80(90)82(92)78(74)88)57-30-40-64(41-31-57)95-62-36-26-51(4-2)27-37-62/h3-10,12-22,24-49H,1-2,11,23H2. The average Bonchev–Trinajstić information content (AvgIpc) is 1.56. The maximum Gasteiger partial charge on any atom is 0.197 e. The Bertz CT molecular complexity index is 5140. The Morgan fingerprint density at radius 3 is 1.36 bits per heavy atom. The summed E-state index contributed by atoms with van der Waals surface area (Å²) >= 11 is 0. The van der Waals surface area contributed by atoms with Crippen molar-refractivity contribution in [2.45, 2.75) is 23.7 Å². The summed E-state index contributed by atoms with van der Waals surface area (Å²) in [5, 5.41) is 0. The molecule has 12 aromatic rings. The second kappa shape index (κ2) is 23.8. The molecule has 2 unspecified atom stereocenters. The fraction of sp³-hybridized carbons (Fsp3) is 0.0476. The number of allylic oxidation sites excluding steroid dienone is 4. The van der Waals surface area contributed by atoms with Crippen molar-refractivity contribution in [3.05, 3.63) is 382 Å². The van der Waals surface area contributed by atoms with E-state index in [-0.39, 0.29) is 0 Å². The Morgan fingerprint density at radius 1 is 0.347 bits per heavy atom. The van der Waals surface area contributed by atoms with Crippen molar-refractivity contribution < 1.29 is 44.6 Å². The molecule has 0 bridgehead atoms. The van der Waals surface area contributed by atoms with Gasteiger partial charge >= 0.3 is 0 Å². The molecule has 95 heavy (non-hydrogen) atoms. The van der Waals surface area contributed by atoms with Gasteiger partial charge in [-0.2, -0.15) is 0 Å². The summed E-state index contributed by atoms with van der Waals surface area (Å²) in [6.45, 7) is 7.68. The lowest BCUT2D eigenvalue weighted by atomic mass is 9.65. The van der Waals surface area contributed by atoms with Gasteiger partial charge in [0.15, 0.2) is 46.5 Å². The van der Waals surface area contributed by atoms with Gasteiger partial charge in [-0.05, 0) is 205 Å². The second-order valence-electron chi connectivity index (χ2n) is 23.7. The molecule has 0 amide bonds. The molecule has 0 spiro atoms. The summed E-state index contributed by atoms with van der Waals surface area (Å²) in [4.78, 5) is 1.93. The van der Waals surface area contributed by atoms with Gasteiger partial charge in [0.1, 0.15) is 23.0 Å². The quantitative estimate of drug-likeness (QED) is 0.0580. The van der Waals surface area contributed by atoms with E-state index in [1.807, 2.05) is 157 Å². The number of ether oxygens (including phenoxy) is 2. The minimum atomic E-state index is -2.00. The molecule has 2 atom stereocenters. The van der Waals surface area contributed by atoms with E-state index in [0.717, 1.165) is 39.4 Å². The fourth-order valence-corrected chi connectivity index (χ4v) is 14.3. The number of halogens is 8. The fourth-order valence-electron chi connectivity index (χ4n) is 14.3. The predicted octanol–water partition coefficient (Wildman–Crippen LogP) is 23.3. The van der Waals surface area contributed by atoms with Gasteiger partial charge in [-0.15, -0.1) is 0 Å². The van der Waals surface area contributed by atoms with Crippen LogP contribution in [0.15, 0.2) is 280 Å². The lowest BCUT2D eigenvalue weighted by Crippen LogP contribution is -2.32. The molecule has 0 saturated heterocycles. The van der Waals surface area contributed by atoms with E-state index in [0.29, 0.717) is 115 Å². The monoisotopic (exact) mass is 1260 g/mol. The van der Waals surface area contributed by atoms with Crippen molar-refractivity contribution in [1.82, 2.24) is 0 Å². The first-order valence-electron chi connectivity index (χ1n) is 30.8. The second-order valence-corrected chi connectivity index (χ2v) is 23.7. The van der Waals surface area contributed by atoms with E-state index < -0.39 is 68.5 Å². The summed E-state index contributed by atoms with van der Waals surface area (Å²) in [6, 6.07) is 73.6. The number of benzene rings is 12. The summed E-state index contributed by atoms with van der Waals surface area (Å²) in [7, 11) is 0. The molecular weight excluding hydrogens is 1210 g/mol. The Balaban J connectivity index is 0.978. The maximum absolute atomic E-state index is 17.5. The van der Waals surface area contributed by atoms with Gasteiger partial charge in [0, 0.05) is 28.2 Å². The van der Waals surface area contributed by atoms with Gasteiger partial charge in [-0.3, -0.25) is 0 Å². The van der Waals surface area contributed by atoms with Crippen LogP contribution in [0.1, 0.15) is 68.5 Å². The topological polar surface area (TPSA) is 21.7 Å². The van der Waals surface area contributed by atoms with Crippen LogP contribution in [-0.2, 0) is 10.8 Å². The van der Waals surface area contributed by atoms with Crippen molar-refractivity contribution in [1.29, 1.82) is 0 Å². The first-order valence-corrected chi connectivity index (χ1v) is 30.8. The normalized spacial score (nSPS) is 15.8. The highest BCUT2D eigenvalue weighted by molar-refractivity contribution is 5.95. The minimum Gasteiger partial charge on any atom is -0.457 e. The molecule has 3 aliphatic rings. The van der Waals surface area contributed by atoms with E-state index in [2.05, 4.69) is 19.2 Å². The number of hydrogen-bond donors (Lipinski definition) is 0. The third-order valence-electron chi connectivity index (χ3n) is 18.6. The van der Waals surface area contributed by atoms with Crippen LogP contribution in [0, 0.1) is 46.5 Å². The summed E-state index contributed by atoms with van der Waals surface area (Å²) in [5.41, 5.74) is 7.12. The SMILES string of the molecule is C=Cc1ccc(Oc2ccc(C3(c4cc(F)c(F)c(F)c4F)C4=C(C=CCC4)c4ccc(N(c5cccc(-c6cccc(-c7ccccc7)c6)c5)c5ccc6c(c5)C(c5ccc(Oc7ccc(C=C)cc7)cc5)(c5cc(F)c(F)c(F)c5F)c5ccccc5-6)cc43)cc2)cc1. The molecule has 0 saturated carbocycles. The van der Waals surface area contributed by atoms with E-state index in [1.165, 1.54) is 0 Å². The molecule has 0 aliphatic heterocycles. The van der Waals surface area contributed by atoms with Gasteiger partial charge in [0.05, 0.1) is 10.8 Å². The number of nitrogens with zero attached hydrogens (tertiary/aromatic N) is 1. The predicted molar refractivity (Wildman–Crippen MR) is 360 cm³/mol. The summed E-state index contributed by atoms with van der Waals surface area (Å²) in [6.07, 6.45) is 8.09. The zero-order valence-corrected chi connectivity index (χ0v) is 50.6. The van der Waals surface area contributed by atoms with Crippen molar-refractivity contribution in [3.8, 4) is 56.4 Å². The van der Waals surface area contributed by atoms with Crippen molar-refractivity contribution in [2.75, 3.05) is 4.90 Å². The molecule has 0 fully saturated rings.